The summed E-state index contributed by atoms with van der Waals surface area (Å²) >= 11 is 0. The number of nitrogens with zero attached hydrogens (tertiary/aromatic N) is 7. The average Bonchev–Trinajstić information content (AvgIpc) is 3.35. The van der Waals surface area contributed by atoms with Gasteiger partial charge in [-0.05, 0) is 18.6 Å². The van der Waals surface area contributed by atoms with Crippen molar-refractivity contribution >= 4 is 28.8 Å². The molecular weight excluding hydrogens is 336 g/mol. The van der Waals surface area contributed by atoms with Gasteiger partial charge in [-0.3, -0.25) is 0 Å². The van der Waals surface area contributed by atoms with E-state index in [1.165, 1.54) is 11.2 Å². The minimum Gasteiger partial charge on any atom is -0.465 e. The molecule has 2 aliphatic heterocycles. The molecule has 2 aliphatic rings. The predicted molar refractivity (Wildman–Crippen MR) is 93.1 cm³/mol. The maximum absolute atomic E-state index is 11.3. The first kappa shape index (κ1) is 14.9. The van der Waals surface area contributed by atoms with Crippen LogP contribution in [0.2, 0.25) is 0 Å². The second-order valence-corrected chi connectivity index (χ2v) is 6.54. The maximum Gasteiger partial charge on any atom is 0.407 e. The third-order valence-corrected chi connectivity index (χ3v) is 5.11. The number of likely N-dealkylation sites (tertiary alicyclic amines) is 1. The summed E-state index contributed by atoms with van der Waals surface area (Å²) in [4.78, 5) is 27.9. The molecule has 2 fully saturated rings. The summed E-state index contributed by atoms with van der Waals surface area (Å²) in [6, 6.07) is 5.66. The summed E-state index contributed by atoms with van der Waals surface area (Å²) in [5, 5.41) is 14.4. The highest BCUT2D eigenvalue weighted by atomic mass is 16.4. The number of rotatable bonds is 2. The zero-order valence-corrected chi connectivity index (χ0v) is 13.7. The van der Waals surface area contributed by atoms with E-state index in [0.717, 1.165) is 17.6 Å². The lowest BCUT2D eigenvalue weighted by molar-refractivity contribution is 0.137. The van der Waals surface area contributed by atoms with Crippen LogP contribution in [-0.4, -0.2) is 66.0 Å². The summed E-state index contributed by atoms with van der Waals surface area (Å²) in [6.45, 7) is 1.13. The summed E-state index contributed by atoms with van der Waals surface area (Å²) in [7, 11) is 0. The lowest BCUT2D eigenvalue weighted by Gasteiger charge is -2.33. The number of piperazine rings is 1. The molecule has 0 aliphatic carbocycles. The molecule has 132 valence electrons. The quantitative estimate of drug-likeness (QED) is 0.691. The Balaban J connectivity index is 1.50. The highest BCUT2D eigenvalue weighted by Crippen LogP contribution is 2.34. The molecule has 2 atom stereocenters. The van der Waals surface area contributed by atoms with E-state index in [1.54, 1.807) is 10.9 Å². The van der Waals surface area contributed by atoms with Crippen molar-refractivity contribution in [1.82, 2.24) is 29.6 Å². The van der Waals surface area contributed by atoms with Crippen LogP contribution in [0, 0.1) is 0 Å². The van der Waals surface area contributed by atoms with Crippen molar-refractivity contribution in [3.8, 4) is 5.82 Å². The van der Waals surface area contributed by atoms with Crippen LogP contribution in [0.4, 0.5) is 16.4 Å². The molecule has 1 amide bonds. The molecule has 5 rings (SSSR count). The normalized spacial score (nSPS) is 21.7. The molecule has 2 bridgehead atoms. The molecule has 0 radical (unpaired) electrons. The Morgan fingerprint density at radius 2 is 2.04 bits per heavy atom. The molecule has 26 heavy (non-hydrogen) atoms. The zero-order valence-electron chi connectivity index (χ0n) is 13.7. The van der Waals surface area contributed by atoms with Crippen LogP contribution in [0.25, 0.3) is 16.9 Å². The van der Waals surface area contributed by atoms with E-state index < -0.39 is 6.09 Å². The molecule has 3 aromatic rings. The van der Waals surface area contributed by atoms with E-state index in [0.29, 0.717) is 30.4 Å². The third kappa shape index (κ3) is 2.08. The highest BCUT2D eigenvalue weighted by Gasteiger charge is 2.45. The van der Waals surface area contributed by atoms with Gasteiger partial charge in [0.05, 0.1) is 17.5 Å². The number of aromatic nitrogens is 5. The fourth-order valence-electron chi connectivity index (χ4n) is 3.93. The number of amides is 1. The van der Waals surface area contributed by atoms with Gasteiger partial charge in [-0.2, -0.15) is 4.68 Å². The minimum atomic E-state index is -0.856. The minimum absolute atomic E-state index is 0.0127. The molecule has 0 unspecified atom stereocenters. The summed E-state index contributed by atoms with van der Waals surface area (Å²) in [5.41, 5.74) is 6.61. The van der Waals surface area contributed by atoms with Crippen molar-refractivity contribution in [2.24, 2.45) is 0 Å². The molecule has 0 saturated carbocycles. The molecule has 10 heteroatoms. The maximum atomic E-state index is 11.3. The summed E-state index contributed by atoms with van der Waals surface area (Å²) < 4.78 is 1.60. The first-order chi connectivity index (χ1) is 12.6. The first-order valence-electron chi connectivity index (χ1n) is 8.29. The second kappa shape index (κ2) is 5.28. The molecule has 10 nitrogen and oxygen atoms in total. The monoisotopic (exact) mass is 352 g/mol. The van der Waals surface area contributed by atoms with Crippen LogP contribution in [-0.2, 0) is 0 Å². The fourth-order valence-corrected chi connectivity index (χ4v) is 3.93. The van der Waals surface area contributed by atoms with Gasteiger partial charge in [-0.1, -0.05) is 0 Å². The van der Waals surface area contributed by atoms with Crippen molar-refractivity contribution in [2.45, 2.75) is 18.5 Å². The van der Waals surface area contributed by atoms with E-state index in [4.69, 9.17) is 5.73 Å². The second-order valence-electron chi connectivity index (χ2n) is 6.54. The van der Waals surface area contributed by atoms with E-state index in [1.807, 2.05) is 18.2 Å². The van der Waals surface area contributed by atoms with E-state index in [-0.39, 0.29) is 12.1 Å². The number of nitrogen functional groups attached to an aromatic ring is 1. The first-order valence-corrected chi connectivity index (χ1v) is 8.29. The van der Waals surface area contributed by atoms with Crippen LogP contribution in [0.3, 0.4) is 0 Å². The lowest BCUT2D eigenvalue weighted by Crippen LogP contribution is -2.48. The molecule has 0 aromatic carbocycles. The van der Waals surface area contributed by atoms with Crippen molar-refractivity contribution in [3.63, 3.8) is 0 Å². The number of carboxylic acid groups (broad SMARTS) is 1. The molecule has 3 N–H and O–H groups in total. The topological polar surface area (TPSA) is 126 Å². The van der Waals surface area contributed by atoms with E-state index in [2.05, 4.69) is 25.0 Å². The van der Waals surface area contributed by atoms with Crippen molar-refractivity contribution in [2.75, 3.05) is 23.7 Å². The Bertz CT molecular complexity index is 1020. The molecule has 2 saturated heterocycles. The standard InChI is InChI=1S/C16H16N8O2/c17-14-11-2-1-3-18-15(11)24(21-14)13-5-12(19-8-20-13)22-6-10-4-9(22)7-23(10)16(25)26/h1-3,5,8-10H,4,6-7H2,(H2,17,21)(H,25,26)/t9-,10-/m0/s1. The van der Waals surface area contributed by atoms with Crippen LogP contribution in [0.1, 0.15) is 6.42 Å². The van der Waals surface area contributed by atoms with Crippen LogP contribution in [0.15, 0.2) is 30.7 Å². The SMILES string of the molecule is Nc1nn(-c2cc(N3C[C@@H]4C[C@H]3CN4C(=O)O)ncn2)c2ncccc12. The van der Waals surface area contributed by atoms with Gasteiger partial charge < -0.3 is 20.6 Å². The number of hydrogen-bond acceptors (Lipinski definition) is 7. The Labute approximate surface area is 147 Å². The van der Waals surface area contributed by atoms with Crippen molar-refractivity contribution < 1.29 is 9.90 Å². The van der Waals surface area contributed by atoms with Gasteiger partial charge in [0, 0.05) is 25.4 Å². The molecular formula is C16H16N8O2. The van der Waals surface area contributed by atoms with E-state index >= 15 is 0 Å². The van der Waals surface area contributed by atoms with E-state index in [9.17, 15) is 9.90 Å². The van der Waals surface area contributed by atoms with Gasteiger partial charge >= 0.3 is 6.09 Å². The molecule has 5 heterocycles. The number of nitrogens with two attached hydrogens (primary N) is 1. The number of carbonyl (C=O) groups is 1. The van der Waals surface area contributed by atoms with Crippen LogP contribution < -0.4 is 10.6 Å². The number of anilines is 2. The number of hydrogen-bond donors (Lipinski definition) is 2. The van der Waals surface area contributed by atoms with Crippen molar-refractivity contribution in [3.05, 3.63) is 30.7 Å². The number of fused-ring (bicyclic) bond motifs is 3. The molecule has 3 aromatic heterocycles. The van der Waals surface area contributed by atoms with Gasteiger partial charge in [-0.15, -0.1) is 5.10 Å². The summed E-state index contributed by atoms with van der Waals surface area (Å²) in [5.74, 6) is 1.73. The zero-order chi connectivity index (χ0) is 17.8. The highest BCUT2D eigenvalue weighted by molar-refractivity contribution is 5.87. The molecule has 0 spiro atoms. The van der Waals surface area contributed by atoms with Gasteiger partial charge in [0.1, 0.15) is 12.1 Å². The van der Waals surface area contributed by atoms with Gasteiger partial charge in [-0.25, -0.2) is 19.7 Å². The van der Waals surface area contributed by atoms with Crippen LogP contribution >= 0.6 is 0 Å². The Morgan fingerprint density at radius 3 is 2.81 bits per heavy atom. The van der Waals surface area contributed by atoms with Crippen LogP contribution in [0.5, 0.6) is 0 Å². The van der Waals surface area contributed by atoms with Crippen molar-refractivity contribution in [1.29, 1.82) is 0 Å². The largest absolute Gasteiger partial charge is 0.465 e. The summed E-state index contributed by atoms with van der Waals surface area (Å²) in [6.07, 6.45) is 3.13. The Morgan fingerprint density at radius 1 is 1.19 bits per heavy atom. The number of pyridine rings is 1. The fraction of sp³-hybridized carbons (Fsp3) is 0.312. The predicted octanol–water partition coefficient (Wildman–Crippen LogP) is 0.734. The van der Waals surface area contributed by atoms with Gasteiger partial charge in [0.25, 0.3) is 0 Å². The van der Waals surface area contributed by atoms with Gasteiger partial charge in [0.2, 0.25) is 0 Å². The third-order valence-electron chi connectivity index (χ3n) is 5.11. The Kier molecular flexibility index (Phi) is 3.02. The smallest absolute Gasteiger partial charge is 0.407 e. The average molecular weight is 352 g/mol. The van der Waals surface area contributed by atoms with Gasteiger partial charge in [0.15, 0.2) is 17.3 Å². The lowest BCUT2D eigenvalue weighted by atomic mass is 10.2. The Hall–Kier alpha value is -3.43.